The SMILES string of the molecule is CC(C)(CNc1cc(N2CCCC2)ncn1)c1ccc2c(c1)OCO2. The molecular weight excluding hydrogens is 316 g/mol. The zero-order valence-electron chi connectivity index (χ0n) is 14.8. The van der Waals surface area contributed by atoms with Crippen molar-refractivity contribution in [3.05, 3.63) is 36.2 Å². The van der Waals surface area contributed by atoms with Gasteiger partial charge >= 0.3 is 0 Å². The molecule has 0 atom stereocenters. The summed E-state index contributed by atoms with van der Waals surface area (Å²) in [4.78, 5) is 11.1. The molecule has 6 nitrogen and oxygen atoms in total. The number of nitrogens with zero attached hydrogens (tertiary/aromatic N) is 3. The van der Waals surface area contributed by atoms with E-state index in [-0.39, 0.29) is 5.41 Å². The highest BCUT2D eigenvalue weighted by Crippen LogP contribution is 2.36. The van der Waals surface area contributed by atoms with Crippen LogP contribution < -0.4 is 19.7 Å². The minimum atomic E-state index is -0.0697. The summed E-state index contributed by atoms with van der Waals surface area (Å²) in [6.07, 6.45) is 4.12. The zero-order valence-corrected chi connectivity index (χ0v) is 14.8. The summed E-state index contributed by atoms with van der Waals surface area (Å²) in [5.41, 5.74) is 1.14. The van der Waals surface area contributed by atoms with E-state index in [9.17, 15) is 0 Å². The van der Waals surface area contributed by atoms with Crippen LogP contribution in [0.25, 0.3) is 0 Å². The Morgan fingerprint density at radius 2 is 1.88 bits per heavy atom. The summed E-state index contributed by atoms with van der Waals surface area (Å²) in [5.74, 6) is 3.52. The fourth-order valence-electron chi connectivity index (χ4n) is 3.29. The fourth-order valence-corrected chi connectivity index (χ4v) is 3.29. The summed E-state index contributed by atoms with van der Waals surface area (Å²) in [6.45, 7) is 7.65. The summed E-state index contributed by atoms with van der Waals surface area (Å²) in [5, 5.41) is 3.47. The third kappa shape index (κ3) is 3.34. The molecule has 25 heavy (non-hydrogen) atoms. The van der Waals surface area contributed by atoms with Gasteiger partial charge in [0.25, 0.3) is 0 Å². The number of nitrogens with one attached hydrogen (secondary N) is 1. The first-order chi connectivity index (χ1) is 12.1. The van der Waals surface area contributed by atoms with E-state index in [1.807, 2.05) is 12.1 Å². The second-order valence-corrected chi connectivity index (χ2v) is 7.26. The van der Waals surface area contributed by atoms with Gasteiger partial charge in [0.2, 0.25) is 6.79 Å². The molecule has 0 saturated carbocycles. The molecule has 6 heteroatoms. The number of aromatic nitrogens is 2. The third-order valence-electron chi connectivity index (χ3n) is 4.95. The van der Waals surface area contributed by atoms with Crippen molar-refractivity contribution in [3.63, 3.8) is 0 Å². The quantitative estimate of drug-likeness (QED) is 0.902. The molecule has 132 valence electrons. The first kappa shape index (κ1) is 16.0. The molecule has 1 aromatic carbocycles. The van der Waals surface area contributed by atoms with Gasteiger partial charge in [0.1, 0.15) is 18.0 Å². The minimum absolute atomic E-state index is 0.0697. The minimum Gasteiger partial charge on any atom is -0.454 e. The van der Waals surface area contributed by atoms with Crippen LogP contribution in [-0.2, 0) is 5.41 Å². The van der Waals surface area contributed by atoms with Gasteiger partial charge in [-0.15, -0.1) is 0 Å². The maximum atomic E-state index is 5.50. The number of hydrogen-bond donors (Lipinski definition) is 1. The van der Waals surface area contributed by atoms with E-state index in [1.54, 1.807) is 6.33 Å². The molecule has 1 fully saturated rings. The van der Waals surface area contributed by atoms with Crippen molar-refractivity contribution in [2.24, 2.45) is 0 Å². The van der Waals surface area contributed by atoms with Gasteiger partial charge in [-0.1, -0.05) is 19.9 Å². The molecule has 1 saturated heterocycles. The van der Waals surface area contributed by atoms with Gasteiger partial charge in [-0.25, -0.2) is 9.97 Å². The highest BCUT2D eigenvalue weighted by Gasteiger charge is 2.24. The Morgan fingerprint density at radius 1 is 1.08 bits per heavy atom. The Labute approximate surface area is 148 Å². The van der Waals surface area contributed by atoms with Crippen LogP contribution in [0.4, 0.5) is 11.6 Å². The molecule has 0 spiro atoms. The Kier molecular flexibility index (Phi) is 4.11. The van der Waals surface area contributed by atoms with E-state index in [4.69, 9.17) is 9.47 Å². The van der Waals surface area contributed by atoms with Crippen molar-refractivity contribution in [2.45, 2.75) is 32.1 Å². The van der Waals surface area contributed by atoms with Crippen molar-refractivity contribution in [1.29, 1.82) is 0 Å². The van der Waals surface area contributed by atoms with Gasteiger partial charge in [0.05, 0.1) is 0 Å². The number of fused-ring (bicyclic) bond motifs is 1. The molecule has 2 aliphatic rings. The Hall–Kier alpha value is -2.50. The van der Waals surface area contributed by atoms with Crippen molar-refractivity contribution in [3.8, 4) is 11.5 Å². The van der Waals surface area contributed by atoms with Crippen molar-refractivity contribution in [2.75, 3.05) is 36.6 Å². The molecule has 0 radical (unpaired) electrons. The molecule has 0 aliphatic carbocycles. The van der Waals surface area contributed by atoms with Gasteiger partial charge in [-0.2, -0.15) is 0 Å². The molecule has 2 aromatic rings. The van der Waals surface area contributed by atoms with E-state index in [0.29, 0.717) is 6.79 Å². The first-order valence-corrected chi connectivity index (χ1v) is 8.83. The molecule has 1 aromatic heterocycles. The van der Waals surface area contributed by atoms with Crippen LogP contribution in [0.5, 0.6) is 11.5 Å². The average Bonchev–Trinajstić information content (AvgIpc) is 3.31. The smallest absolute Gasteiger partial charge is 0.231 e. The Bertz CT molecular complexity index is 757. The van der Waals surface area contributed by atoms with E-state index in [2.05, 4.69) is 46.2 Å². The zero-order chi connectivity index (χ0) is 17.3. The van der Waals surface area contributed by atoms with Crippen molar-refractivity contribution < 1.29 is 9.47 Å². The number of anilines is 2. The topological polar surface area (TPSA) is 59.5 Å². The van der Waals surface area contributed by atoms with Gasteiger partial charge in [0.15, 0.2) is 11.5 Å². The maximum absolute atomic E-state index is 5.50. The summed E-state index contributed by atoms with van der Waals surface area (Å²) in [7, 11) is 0. The van der Waals surface area contributed by atoms with E-state index in [0.717, 1.165) is 42.8 Å². The summed E-state index contributed by atoms with van der Waals surface area (Å²) >= 11 is 0. The lowest BCUT2D eigenvalue weighted by Crippen LogP contribution is -2.28. The van der Waals surface area contributed by atoms with Crippen molar-refractivity contribution >= 4 is 11.6 Å². The van der Waals surface area contributed by atoms with E-state index in [1.165, 1.54) is 18.4 Å². The van der Waals surface area contributed by atoms with Crippen molar-refractivity contribution in [1.82, 2.24) is 9.97 Å². The standard InChI is InChI=1S/C19H24N4O2/c1-19(2,14-5-6-15-16(9-14)25-13-24-15)11-20-17-10-18(22-12-21-17)23-7-3-4-8-23/h5-6,9-10,12H,3-4,7-8,11,13H2,1-2H3,(H,20,21,22). The number of hydrogen-bond acceptors (Lipinski definition) is 6. The maximum Gasteiger partial charge on any atom is 0.231 e. The van der Waals surface area contributed by atoms with Gasteiger partial charge in [-0.05, 0) is 30.5 Å². The van der Waals surface area contributed by atoms with Gasteiger partial charge in [-0.3, -0.25) is 0 Å². The van der Waals surface area contributed by atoms with E-state index >= 15 is 0 Å². The second kappa shape index (κ2) is 6.43. The molecule has 3 heterocycles. The van der Waals surface area contributed by atoms with Crippen LogP contribution in [0.1, 0.15) is 32.3 Å². The van der Waals surface area contributed by atoms with Crippen LogP contribution in [0, 0.1) is 0 Å². The number of benzene rings is 1. The predicted octanol–water partition coefficient (Wildman–Crippen LogP) is 3.20. The molecule has 4 rings (SSSR count). The van der Waals surface area contributed by atoms with Crippen LogP contribution in [0.15, 0.2) is 30.6 Å². The summed E-state index contributed by atoms with van der Waals surface area (Å²) < 4.78 is 10.9. The lowest BCUT2D eigenvalue weighted by molar-refractivity contribution is 0.174. The summed E-state index contributed by atoms with van der Waals surface area (Å²) in [6, 6.07) is 8.20. The predicted molar refractivity (Wildman–Crippen MR) is 97.6 cm³/mol. The largest absolute Gasteiger partial charge is 0.454 e. The van der Waals surface area contributed by atoms with E-state index < -0.39 is 0 Å². The lowest BCUT2D eigenvalue weighted by Gasteiger charge is -2.26. The Morgan fingerprint density at radius 3 is 2.72 bits per heavy atom. The fraction of sp³-hybridized carbons (Fsp3) is 0.474. The van der Waals surface area contributed by atoms with Gasteiger partial charge < -0.3 is 19.7 Å². The molecule has 0 unspecified atom stereocenters. The highest BCUT2D eigenvalue weighted by molar-refractivity contribution is 5.50. The number of rotatable bonds is 5. The lowest BCUT2D eigenvalue weighted by atomic mass is 9.84. The van der Waals surface area contributed by atoms with Crippen LogP contribution >= 0.6 is 0 Å². The monoisotopic (exact) mass is 340 g/mol. The number of ether oxygens (including phenoxy) is 2. The molecule has 1 N–H and O–H groups in total. The first-order valence-electron chi connectivity index (χ1n) is 8.83. The van der Waals surface area contributed by atoms with Crippen LogP contribution in [0.2, 0.25) is 0 Å². The highest BCUT2D eigenvalue weighted by atomic mass is 16.7. The average molecular weight is 340 g/mol. The normalized spacial score (nSPS) is 16.3. The Balaban J connectivity index is 1.45. The second-order valence-electron chi connectivity index (χ2n) is 7.26. The third-order valence-corrected chi connectivity index (χ3v) is 4.95. The molecule has 0 bridgehead atoms. The van der Waals surface area contributed by atoms with Gasteiger partial charge in [0, 0.05) is 31.1 Å². The van der Waals surface area contributed by atoms with Crippen LogP contribution in [0.3, 0.4) is 0 Å². The molecular formula is C19H24N4O2. The molecule has 2 aliphatic heterocycles. The van der Waals surface area contributed by atoms with Crippen LogP contribution in [-0.4, -0.2) is 36.4 Å². The molecule has 0 amide bonds.